The summed E-state index contributed by atoms with van der Waals surface area (Å²) in [6.07, 6.45) is 0. The molecule has 0 unspecified atom stereocenters. The Morgan fingerprint density at radius 3 is 2.89 bits per heavy atom. The zero-order chi connectivity index (χ0) is 13.7. The summed E-state index contributed by atoms with van der Waals surface area (Å²) >= 11 is 4.76. The molecule has 0 fully saturated rings. The van der Waals surface area contributed by atoms with Crippen LogP contribution in [0.15, 0.2) is 40.2 Å². The highest BCUT2D eigenvalue weighted by Crippen LogP contribution is 2.18. The zero-order valence-corrected chi connectivity index (χ0v) is 12.4. The third kappa shape index (κ3) is 4.33. The molecule has 0 spiro atoms. The molecule has 0 bridgehead atoms. The first kappa shape index (κ1) is 14.0. The van der Waals surface area contributed by atoms with Crippen molar-refractivity contribution in [2.75, 3.05) is 11.9 Å². The van der Waals surface area contributed by atoms with E-state index in [4.69, 9.17) is 0 Å². The summed E-state index contributed by atoms with van der Waals surface area (Å²) in [5.74, 6) is -0.559. The summed E-state index contributed by atoms with van der Waals surface area (Å²) < 4.78 is 14.2. The first-order valence-electron chi connectivity index (χ1n) is 5.63. The second kappa shape index (κ2) is 6.68. The van der Waals surface area contributed by atoms with E-state index >= 15 is 0 Å². The van der Waals surface area contributed by atoms with Crippen LogP contribution in [0.5, 0.6) is 0 Å². The first-order valence-corrected chi connectivity index (χ1v) is 7.30. The van der Waals surface area contributed by atoms with E-state index in [1.165, 1.54) is 6.07 Å². The predicted molar refractivity (Wildman–Crippen MR) is 78.8 cm³/mol. The van der Waals surface area contributed by atoms with Crippen molar-refractivity contribution in [2.45, 2.75) is 6.54 Å². The van der Waals surface area contributed by atoms with Gasteiger partial charge in [0.05, 0.1) is 18.8 Å². The predicted octanol–water partition coefficient (Wildman–Crippen LogP) is 3.38. The number of anilines is 1. The van der Waals surface area contributed by atoms with E-state index in [2.05, 4.69) is 26.6 Å². The van der Waals surface area contributed by atoms with Crippen LogP contribution in [-0.4, -0.2) is 12.5 Å². The molecule has 1 aromatic heterocycles. The molecule has 100 valence electrons. The Morgan fingerprint density at radius 1 is 1.37 bits per heavy atom. The van der Waals surface area contributed by atoms with Crippen molar-refractivity contribution in [3.8, 4) is 0 Å². The number of hydrogen-bond donors (Lipinski definition) is 2. The number of halogens is 2. The maximum atomic E-state index is 13.5. The normalized spacial score (nSPS) is 10.2. The Hall–Kier alpha value is -1.40. The van der Waals surface area contributed by atoms with Gasteiger partial charge in [-0.1, -0.05) is 22.0 Å². The molecular weight excluding hydrogens is 331 g/mol. The summed E-state index contributed by atoms with van der Waals surface area (Å²) in [6, 6.07) is 8.54. The summed E-state index contributed by atoms with van der Waals surface area (Å²) in [6.45, 7) is 0.547. The van der Waals surface area contributed by atoms with Crippen molar-refractivity contribution in [1.29, 1.82) is 0 Å². The number of benzene rings is 1. The number of rotatable bonds is 5. The van der Waals surface area contributed by atoms with Crippen molar-refractivity contribution < 1.29 is 9.18 Å². The van der Waals surface area contributed by atoms with Gasteiger partial charge in [0.1, 0.15) is 5.82 Å². The molecule has 2 aromatic rings. The van der Waals surface area contributed by atoms with Gasteiger partial charge in [-0.3, -0.25) is 4.79 Å². The van der Waals surface area contributed by atoms with Gasteiger partial charge in [0.15, 0.2) is 0 Å². The van der Waals surface area contributed by atoms with Crippen LogP contribution in [0.25, 0.3) is 0 Å². The highest BCUT2D eigenvalue weighted by atomic mass is 79.9. The average molecular weight is 343 g/mol. The quantitative estimate of drug-likeness (QED) is 0.874. The molecule has 0 saturated carbocycles. The minimum absolute atomic E-state index is 0.0456. The van der Waals surface area contributed by atoms with Crippen molar-refractivity contribution in [1.82, 2.24) is 5.32 Å². The number of carbonyl (C=O) groups excluding carboxylic acids is 1. The lowest BCUT2D eigenvalue weighted by molar-refractivity contribution is -0.119. The van der Waals surface area contributed by atoms with Crippen LogP contribution in [0.1, 0.15) is 4.88 Å². The molecule has 1 aromatic carbocycles. The van der Waals surface area contributed by atoms with Crippen LogP contribution in [0.4, 0.5) is 10.1 Å². The van der Waals surface area contributed by atoms with Crippen molar-refractivity contribution >= 4 is 38.9 Å². The van der Waals surface area contributed by atoms with Crippen LogP contribution in [0.2, 0.25) is 0 Å². The Kier molecular flexibility index (Phi) is 4.93. The highest BCUT2D eigenvalue weighted by Gasteiger charge is 2.05. The van der Waals surface area contributed by atoms with E-state index in [-0.39, 0.29) is 18.3 Å². The molecule has 0 aliphatic rings. The van der Waals surface area contributed by atoms with Gasteiger partial charge >= 0.3 is 0 Å². The van der Waals surface area contributed by atoms with Gasteiger partial charge in [0.25, 0.3) is 0 Å². The van der Waals surface area contributed by atoms with Gasteiger partial charge in [0, 0.05) is 9.35 Å². The fourth-order valence-electron chi connectivity index (χ4n) is 1.47. The smallest absolute Gasteiger partial charge is 0.239 e. The second-order valence-corrected chi connectivity index (χ2v) is 5.78. The first-order chi connectivity index (χ1) is 9.15. The molecule has 0 radical (unpaired) electrons. The number of carbonyl (C=O) groups is 1. The van der Waals surface area contributed by atoms with E-state index in [1.54, 1.807) is 23.5 Å². The minimum atomic E-state index is -0.388. The Bertz CT molecular complexity index is 560. The molecular formula is C13H12BrFN2OS. The average Bonchev–Trinajstić information content (AvgIpc) is 2.88. The summed E-state index contributed by atoms with van der Waals surface area (Å²) in [5, 5.41) is 7.48. The molecule has 0 saturated heterocycles. The van der Waals surface area contributed by atoms with E-state index in [9.17, 15) is 9.18 Å². The summed E-state index contributed by atoms with van der Waals surface area (Å²) in [5.41, 5.74) is 0.314. The van der Waals surface area contributed by atoms with Crippen LogP contribution in [0, 0.1) is 5.82 Å². The molecule has 6 heteroatoms. The molecule has 3 nitrogen and oxygen atoms in total. The van der Waals surface area contributed by atoms with Crippen LogP contribution in [0.3, 0.4) is 0 Å². The number of thiophene rings is 1. The van der Waals surface area contributed by atoms with E-state index in [0.717, 1.165) is 4.88 Å². The van der Waals surface area contributed by atoms with Gasteiger partial charge in [-0.2, -0.15) is 0 Å². The molecule has 2 N–H and O–H groups in total. The molecule has 19 heavy (non-hydrogen) atoms. The monoisotopic (exact) mass is 342 g/mol. The standard InChI is InChI=1S/C13H12BrFN2OS/c14-9-3-4-12(11(15)6-9)16-8-13(18)17-7-10-2-1-5-19-10/h1-6,16H,7-8H2,(H,17,18). The van der Waals surface area contributed by atoms with Gasteiger partial charge in [-0.25, -0.2) is 4.39 Å². The minimum Gasteiger partial charge on any atom is -0.374 e. The van der Waals surface area contributed by atoms with Gasteiger partial charge < -0.3 is 10.6 Å². The van der Waals surface area contributed by atoms with Crippen molar-refractivity contribution in [3.05, 3.63) is 50.9 Å². The largest absolute Gasteiger partial charge is 0.374 e. The second-order valence-electron chi connectivity index (χ2n) is 3.83. The lowest BCUT2D eigenvalue weighted by Gasteiger charge is -2.08. The topological polar surface area (TPSA) is 41.1 Å². The number of nitrogens with one attached hydrogen (secondary N) is 2. The summed E-state index contributed by atoms with van der Waals surface area (Å²) in [7, 11) is 0. The fourth-order valence-corrected chi connectivity index (χ4v) is 2.45. The fraction of sp³-hybridized carbons (Fsp3) is 0.154. The molecule has 1 heterocycles. The highest BCUT2D eigenvalue weighted by molar-refractivity contribution is 9.10. The maximum absolute atomic E-state index is 13.5. The Balaban J connectivity index is 1.80. The molecule has 0 aliphatic heterocycles. The zero-order valence-electron chi connectivity index (χ0n) is 9.95. The van der Waals surface area contributed by atoms with Crippen molar-refractivity contribution in [3.63, 3.8) is 0 Å². The Labute approximate surface area is 123 Å². The van der Waals surface area contributed by atoms with E-state index in [0.29, 0.717) is 16.7 Å². The third-order valence-electron chi connectivity index (χ3n) is 2.41. The number of amides is 1. The number of hydrogen-bond acceptors (Lipinski definition) is 3. The molecule has 1 amide bonds. The third-order valence-corrected chi connectivity index (χ3v) is 3.78. The maximum Gasteiger partial charge on any atom is 0.239 e. The molecule has 2 rings (SSSR count). The lowest BCUT2D eigenvalue weighted by Crippen LogP contribution is -2.29. The van der Waals surface area contributed by atoms with Gasteiger partial charge in [-0.15, -0.1) is 11.3 Å². The van der Waals surface area contributed by atoms with Gasteiger partial charge in [0.2, 0.25) is 5.91 Å². The van der Waals surface area contributed by atoms with Crippen molar-refractivity contribution in [2.24, 2.45) is 0 Å². The molecule has 0 aliphatic carbocycles. The van der Waals surface area contributed by atoms with Gasteiger partial charge in [-0.05, 0) is 29.6 Å². The van der Waals surface area contributed by atoms with Crippen LogP contribution >= 0.6 is 27.3 Å². The van der Waals surface area contributed by atoms with E-state index in [1.807, 2.05) is 17.5 Å². The van der Waals surface area contributed by atoms with E-state index < -0.39 is 0 Å². The molecule has 0 atom stereocenters. The van der Waals surface area contributed by atoms with Crippen LogP contribution in [-0.2, 0) is 11.3 Å². The summed E-state index contributed by atoms with van der Waals surface area (Å²) in [4.78, 5) is 12.7. The van der Waals surface area contributed by atoms with Crippen LogP contribution < -0.4 is 10.6 Å². The Morgan fingerprint density at radius 2 is 2.21 bits per heavy atom. The lowest BCUT2D eigenvalue weighted by atomic mass is 10.3. The SMILES string of the molecule is O=C(CNc1ccc(Br)cc1F)NCc1cccs1.